The number of piperidine rings is 1. The summed E-state index contributed by atoms with van der Waals surface area (Å²) in [7, 11) is 0. The van der Waals surface area contributed by atoms with Crippen LogP contribution in [0.5, 0.6) is 5.75 Å². The Kier molecular flexibility index (Phi) is 3.86. The molecule has 0 unspecified atom stereocenters. The molecule has 0 bridgehead atoms. The Labute approximate surface area is 145 Å². The number of nitrogens with one attached hydrogen (secondary N) is 2. The molecule has 2 aliphatic heterocycles. The van der Waals surface area contributed by atoms with Crippen LogP contribution in [0.4, 0.5) is 4.79 Å². The standard InChI is InChI=1S/C18H21N3O4/c22-15(11-25-14-5-4-12-2-1-3-13(12)10-14)21-8-6-18(7-9-21)16(23)19-17(24)20-18/h4-5,10H,1-3,6-9,11H2,(H2,19,20,23,24). The number of hydrogen-bond acceptors (Lipinski definition) is 4. The van der Waals surface area contributed by atoms with Crippen LogP contribution in [0.1, 0.15) is 30.4 Å². The van der Waals surface area contributed by atoms with Gasteiger partial charge in [0.05, 0.1) is 0 Å². The summed E-state index contributed by atoms with van der Waals surface area (Å²) >= 11 is 0. The van der Waals surface area contributed by atoms with Gasteiger partial charge in [-0.2, -0.15) is 0 Å². The molecule has 1 aromatic rings. The number of carbonyl (C=O) groups is 3. The van der Waals surface area contributed by atoms with E-state index in [9.17, 15) is 14.4 Å². The molecule has 4 rings (SSSR count). The summed E-state index contributed by atoms with van der Waals surface area (Å²) in [6.45, 7) is 0.852. The first-order chi connectivity index (χ1) is 12.1. The number of likely N-dealkylation sites (tertiary alicyclic amines) is 1. The molecule has 1 aliphatic carbocycles. The third-order valence-electron chi connectivity index (χ3n) is 5.42. The van der Waals surface area contributed by atoms with Gasteiger partial charge in [0.25, 0.3) is 11.8 Å². The third-order valence-corrected chi connectivity index (χ3v) is 5.42. The fourth-order valence-electron chi connectivity index (χ4n) is 3.89. The molecule has 7 heteroatoms. The Bertz CT molecular complexity index is 738. The zero-order chi connectivity index (χ0) is 17.4. The van der Waals surface area contributed by atoms with Crippen LogP contribution < -0.4 is 15.4 Å². The van der Waals surface area contributed by atoms with Crippen LogP contribution in [-0.4, -0.2) is 48.0 Å². The Balaban J connectivity index is 1.31. The fraction of sp³-hybridized carbons (Fsp3) is 0.500. The maximum Gasteiger partial charge on any atom is 0.322 e. The average molecular weight is 343 g/mol. The summed E-state index contributed by atoms with van der Waals surface area (Å²) < 4.78 is 5.66. The van der Waals surface area contributed by atoms with Crippen LogP contribution in [-0.2, 0) is 22.4 Å². The van der Waals surface area contributed by atoms with Crippen LogP contribution >= 0.6 is 0 Å². The Morgan fingerprint density at radius 1 is 1.16 bits per heavy atom. The van der Waals surface area contributed by atoms with E-state index in [1.54, 1.807) is 4.90 Å². The minimum atomic E-state index is -0.852. The van der Waals surface area contributed by atoms with Gasteiger partial charge in [-0.15, -0.1) is 0 Å². The van der Waals surface area contributed by atoms with Gasteiger partial charge in [0.1, 0.15) is 11.3 Å². The minimum absolute atomic E-state index is 0.00958. The number of ether oxygens (including phenoxy) is 1. The molecular formula is C18H21N3O4. The lowest BCUT2D eigenvalue weighted by Crippen LogP contribution is -2.56. The zero-order valence-electron chi connectivity index (χ0n) is 14.0. The molecule has 0 radical (unpaired) electrons. The second-order valence-corrected chi connectivity index (χ2v) is 6.94. The van der Waals surface area contributed by atoms with Crippen molar-refractivity contribution in [2.24, 2.45) is 0 Å². The molecule has 7 nitrogen and oxygen atoms in total. The maximum absolute atomic E-state index is 12.4. The number of benzene rings is 1. The van der Waals surface area contributed by atoms with Gasteiger partial charge in [-0.1, -0.05) is 6.07 Å². The minimum Gasteiger partial charge on any atom is -0.484 e. The smallest absolute Gasteiger partial charge is 0.322 e. The zero-order valence-corrected chi connectivity index (χ0v) is 14.0. The van der Waals surface area contributed by atoms with Crippen molar-refractivity contribution < 1.29 is 19.1 Å². The normalized spacial score (nSPS) is 21.0. The van der Waals surface area contributed by atoms with Gasteiger partial charge in [0, 0.05) is 13.1 Å². The highest BCUT2D eigenvalue weighted by atomic mass is 16.5. The van der Waals surface area contributed by atoms with Gasteiger partial charge in [0.15, 0.2) is 6.61 Å². The summed E-state index contributed by atoms with van der Waals surface area (Å²) in [6, 6.07) is 5.57. The third kappa shape index (κ3) is 2.94. The van der Waals surface area contributed by atoms with E-state index in [-0.39, 0.29) is 18.4 Å². The summed E-state index contributed by atoms with van der Waals surface area (Å²) in [6.07, 6.45) is 4.22. The second kappa shape index (κ2) is 6.06. The molecular weight excluding hydrogens is 322 g/mol. The predicted molar refractivity (Wildman–Crippen MR) is 89.2 cm³/mol. The number of nitrogens with zero attached hydrogens (tertiary/aromatic N) is 1. The lowest BCUT2D eigenvalue weighted by atomic mass is 9.88. The van der Waals surface area contributed by atoms with Gasteiger partial charge >= 0.3 is 6.03 Å². The van der Waals surface area contributed by atoms with Gasteiger partial charge in [-0.05, 0) is 55.4 Å². The Hall–Kier alpha value is -2.57. The molecule has 132 valence electrons. The molecule has 4 amide bonds. The van der Waals surface area contributed by atoms with E-state index < -0.39 is 11.6 Å². The predicted octanol–water partition coefficient (Wildman–Crippen LogP) is 0.755. The van der Waals surface area contributed by atoms with E-state index in [1.165, 1.54) is 17.5 Å². The maximum atomic E-state index is 12.4. The molecule has 0 aromatic heterocycles. The lowest BCUT2D eigenvalue weighted by Gasteiger charge is -2.36. The number of rotatable bonds is 3. The molecule has 25 heavy (non-hydrogen) atoms. The van der Waals surface area contributed by atoms with Crippen molar-refractivity contribution in [3.05, 3.63) is 29.3 Å². The van der Waals surface area contributed by atoms with Crippen molar-refractivity contribution in [1.29, 1.82) is 0 Å². The van der Waals surface area contributed by atoms with Crippen molar-refractivity contribution >= 4 is 17.8 Å². The number of imide groups is 1. The Morgan fingerprint density at radius 2 is 1.92 bits per heavy atom. The number of amides is 4. The number of carbonyl (C=O) groups excluding carboxylic acids is 3. The van der Waals surface area contributed by atoms with Crippen molar-refractivity contribution in [1.82, 2.24) is 15.5 Å². The van der Waals surface area contributed by atoms with Gasteiger partial charge < -0.3 is 15.0 Å². The first-order valence-corrected chi connectivity index (χ1v) is 8.72. The summed E-state index contributed by atoms with van der Waals surface area (Å²) in [5, 5.41) is 4.96. The molecule has 2 fully saturated rings. The lowest BCUT2D eigenvalue weighted by molar-refractivity contribution is -0.137. The van der Waals surface area contributed by atoms with E-state index in [4.69, 9.17) is 4.74 Å². The monoisotopic (exact) mass is 343 g/mol. The second-order valence-electron chi connectivity index (χ2n) is 6.94. The summed E-state index contributed by atoms with van der Waals surface area (Å²) in [5.74, 6) is 0.337. The number of fused-ring (bicyclic) bond motifs is 1. The summed E-state index contributed by atoms with van der Waals surface area (Å²) in [4.78, 5) is 37.3. The van der Waals surface area contributed by atoms with Crippen LogP contribution in [0.15, 0.2) is 18.2 Å². The topological polar surface area (TPSA) is 87.7 Å². The van der Waals surface area contributed by atoms with Crippen LogP contribution in [0.25, 0.3) is 0 Å². The van der Waals surface area contributed by atoms with E-state index in [0.29, 0.717) is 25.9 Å². The molecule has 2 saturated heterocycles. The highest BCUT2D eigenvalue weighted by Gasteiger charge is 2.48. The SMILES string of the molecule is O=C1NC(=O)C2(CCN(C(=O)COc3ccc4c(c3)CCC4)CC2)N1. The van der Waals surface area contributed by atoms with Gasteiger partial charge in [-0.3, -0.25) is 14.9 Å². The average Bonchev–Trinajstić information content (AvgIpc) is 3.17. The Morgan fingerprint density at radius 3 is 2.64 bits per heavy atom. The highest BCUT2D eigenvalue weighted by molar-refractivity contribution is 6.07. The quantitative estimate of drug-likeness (QED) is 0.793. The van der Waals surface area contributed by atoms with Crippen LogP contribution in [0.3, 0.4) is 0 Å². The number of urea groups is 1. The first-order valence-electron chi connectivity index (χ1n) is 8.72. The van der Waals surface area contributed by atoms with E-state index >= 15 is 0 Å². The molecule has 3 aliphatic rings. The largest absolute Gasteiger partial charge is 0.484 e. The van der Waals surface area contributed by atoms with Crippen molar-refractivity contribution in [2.75, 3.05) is 19.7 Å². The highest BCUT2D eigenvalue weighted by Crippen LogP contribution is 2.27. The van der Waals surface area contributed by atoms with Crippen LogP contribution in [0, 0.1) is 0 Å². The van der Waals surface area contributed by atoms with Crippen molar-refractivity contribution in [3.63, 3.8) is 0 Å². The van der Waals surface area contributed by atoms with Crippen LogP contribution in [0.2, 0.25) is 0 Å². The molecule has 1 aromatic carbocycles. The van der Waals surface area contributed by atoms with Crippen molar-refractivity contribution in [3.8, 4) is 5.75 Å². The van der Waals surface area contributed by atoms with E-state index in [1.807, 2.05) is 12.1 Å². The molecule has 2 heterocycles. The van der Waals surface area contributed by atoms with Crippen molar-refractivity contribution in [2.45, 2.75) is 37.6 Å². The fourth-order valence-corrected chi connectivity index (χ4v) is 3.89. The first kappa shape index (κ1) is 15.9. The molecule has 2 N–H and O–H groups in total. The molecule has 0 saturated carbocycles. The van der Waals surface area contributed by atoms with E-state index in [0.717, 1.165) is 18.6 Å². The van der Waals surface area contributed by atoms with E-state index in [2.05, 4.69) is 16.7 Å². The number of hydrogen-bond donors (Lipinski definition) is 2. The summed E-state index contributed by atoms with van der Waals surface area (Å²) in [5.41, 5.74) is 1.83. The molecule has 1 spiro atoms. The van der Waals surface area contributed by atoms with Gasteiger partial charge in [-0.25, -0.2) is 4.79 Å². The van der Waals surface area contributed by atoms with Gasteiger partial charge in [0.2, 0.25) is 0 Å². The number of aryl methyl sites for hydroxylation is 2. The molecule has 0 atom stereocenters.